The van der Waals surface area contributed by atoms with Crippen LogP contribution in [0, 0.1) is 13.8 Å². The van der Waals surface area contributed by atoms with Gasteiger partial charge in [0.25, 0.3) is 0 Å². The van der Waals surface area contributed by atoms with Gasteiger partial charge in [0.2, 0.25) is 0 Å². The molecule has 2 atom stereocenters. The first-order chi connectivity index (χ1) is 7.95. The number of aliphatic hydroxyl groups is 1. The fraction of sp³-hybridized carbons (Fsp3) is 0.462. The van der Waals surface area contributed by atoms with Gasteiger partial charge in [-0.25, -0.2) is 0 Å². The second kappa shape index (κ2) is 5.80. The maximum absolute atomic E-state index is 10.7. The first-order valence-electron chi connectivity index (χ1n) is 5.60. The second-order valence-electron chi connectivity index (χ2n) is 4.30. The van der Waals surface area contributed by atoms with Crippen molar-refractivity contribution in [3.05, 3.63) is 34.9 Å². The summed E-state index contributed by atoms with van der Waals surface area (Å²) in [5.74, 6) is -0.922. The van der Waals surface area contributed by atoms with Crippen molar-refractivity contribution in [3.8, 4) is 0 Å². The van der Waals surface area contributed by atoms with Crippen molar-refractivity contribution in [2.45, 2.75) is 32.4 Å². The summed E-state index contributed by atoms with van der Waals surface area (Å²) in [7, 11) is 1.65. The van der Waals surface area contributed by atoms with Crippen molar-refractivity contribution >= 4 is 5.97 Å². The fourth-order valence-corrected chi connectivity index (χ4v) is 1.85. The largest absolute Gasteiger partial charge is 0.481 e. The molecule has 94 valence electrons. The van der Waals surface area contributed by atoms with Crippen molar-refractivity contribution in [2.24, 2.45) is 0 Å². The summed E-state index contributed by atoms with van der Waals surface area (Å²) in [6.45, 7) is 3.85. The highest BCUT2D eigenvalue weighted by molar-refractivity contribution is 5.67. The number of hydrogen-bond acceptors (Lipinski definition) is 3. The van der Waals surface area contributed by atoms with Crippen LogP contribution in [-0.2, 0) is 4.79 Å². The van der Waals surface area contributed by atoms with Crippen LogP contribution in [0.15, 0.2) is 18.2 Å². The van der Waals surface area contributed by atoms with E-state index in [4.69, 9.17) is 5.11 Å². The molecule has 0 bridgehead atoms. The Labute approximate surface area is 101 Å². The molecule has 1 rings (SSSR count). The Morgan fingerprint density at radius 1 is 1.41 bits per heavy atom. The normalized spacial score (nSPS) is 14.4. The van der Waals surface area contributed by atoms with Gasteiger partial charge in [-0.3, -0.25) is 4.79 Å². The molecule has 0 saturated heterocycles. The molecule has 0 aromatic heterocycles. The maximum Gasteiger partial charge on any atom is 0.305 e. The van der Waals surface area contributed by atoms with Crippen LogP contribution in [0.5, 0.6) is 0 Å². The molecule has 0 heterocycles. The lowest BCUT2D eigenvalue weighted by atomic mass is 9.94. The highest BCUT2D eigenvalue weighted by Crippen LogP contribution is 2.23. The molecule has 0 radical (unpaired) electrons. The van der Waals surface area contributed by atoms with Crippen molar-refractivity contribution in [2.75, 3.05) is 7.05 Å². The summed E-state index contributed by atoms with van der Waals surface area (Å²) in [4.78, 5) is 10.7. The molecule has 1 aromatic rings. The van der Waals surface area contributed by atoms with Gasteiger partial charge in [0.15, 0.2) is 0 Å². The number of nitrogens with one attached hydrogen (secondary N) is 1. The molecule has 0 fully saturated rings. The van der Waals surface area contributed by atoms with Crippen molar-refractivity contribution in [1.82, 2.24) is 5.32 Å². The van der Waals surface area contributed by atoms with E-state index in [-0.39, 0.29) is 6.42 Å². The molecule has 0 aliphatic carbocycles. The Hall–Kier alpha value is -1.39. The molecule has 0 spiro atoms. The Morgan fingerprint density at radius 3 is 2.59 bits per heavy atom. The number of aliphatic carboxylic acids is 1. The molecule has 1 aromatic carbocycles. The van der Waals surface area contributed by atoms with Crippen LogP contribution in [0.4, 0.5) is 0 Å². The molecule has 4 nitrogen and oxygen atoms in total. The van der Waals surface area contributed by atoms with E-state index in [1.54, 1.807) is 7.05 Å². The van der Waals surface area contributed by atoms with Gasteiger partial charge in [0, 0.05) is 6.04 Å². The third kappa shape index (κ3) is 3.54. The van der Waals surface area contributed by atoms with Gasteiger partial charge < -0.3 is 15.5 Å². The Morgan fingerprint density at radius 2 is 2.06 bits per heavy atom. The van der Waals surface area contributed by atoms with Gasteiger partial charge in [-0.1, -0.05) is 23.8 Å². The number of hydrogen-bond donors (Lipinski definition) is 3. The topological polar surface area (TPSA) is 69.6 Å². The summed E-state index contributed by atoms with van der Waals surface area (Å²) in [5.41, 5.74) is 2.80. The fourth-order valence-electron chi connectivity index (χ4n) is 1.85. The van der Waals surface area contributed by atoms with E-state index in [9.17, 15) is 9.90 Å². The van der Waals surface area contributed by atoms with E-state index < -0.39 is 18.1 Å². The molecule has 0 aliphatic heterocycles. The predicted octanol–water partition coefficient (Wildman–Crippen LogP) is 1.40. The number of aryl methyl sites for hydroxylation is 2. The highest BCUT2D eigenvalue weighted by Gasteiger charge is 2.23. The van der Waals surface area contributed by atoms with E-state index in [1.807, 2.05) is 32.0 Å². The molecule has 0 amide bonds. The molecule has 2 unspecified atom stereocenters. The lowest BCUT2D eigenvalue weighted by Crippen LogP contribution is -2.34. The molecule has 4 heteroatoms. The van der Waals surface area contributed by atoms with Gasteiger partial charge in [0.1, 0.15) is 0 Å². The number of carboxylic acids is 1. The number of rotatable bonds is 5. The molecular weight excluding hydrogens is 218 g/mol. The van der Waals surface area contributed by atoms with Crippen LogP contribution in [0.1, 0.15) is 29.2 Å². The minimum atomic E-state index is -0.922. The van der Waals surface area contributed by atoms with E-state index in [2.05, 4.69) is 5.32 Å². The lowest BCUT2D eigenvalue weighted by Gasteiger charge is -2.23. The van der Waals surface area contributed by atoms with Gasteiger partial charge in [-0.2, -0.15) is 0 Å². The number of likely N-dealkylation sites (N-methyl/N-ethyl adjacent to an activating group) is 1. The minimum Gasteiger partial charge on any atom is -0.481 e. The van der Waals surface area contributed by atoms with E-state index in [1.165, 1.54) is 0 Å². The maximum atomic E-state index is 10.7. The molecular formula is C13H19NO3. The summed E-state index contributed by atoms with van der Waals surface area (Å²) in [6.07, 6.45) is -0.915. The van der Waals surface area contributed by atoms with Crippen molar-refractivity contribution in [1.29, 1.82) is 0 Å². The van der Waals surface area contributed by atoms with Gasteiger partial charge in [-0.15, -0.1) is 0 Å². The smallest absolute Gasteiger partial charge is 0.305 e. The monoisotopic (exact) mass is 237 g/mol. The molecule has 0 aliphatic rings. The summed E-state index contributed by atoms with van der Waals surface area (Å²) in [6, 6.07) is 5.32. The Kier molecular flexibility index (Phi) is 4.66. The second-order valence-corrected chi connectivity index (χ2v) is 4.30. The minimum absolute atomic E-state index is 0.106. The van der Waals surface area contributed by atoms with Crippen LogP contribution in [-0.4, -0.2) is 29.3 Å². The van der Waals surface area contributed by atoms with Gasteiger partial charge >= 0.3 is 5.97 Å². The molecule has 0 saturated carbocycles. The van der Waals surface area contributed by atoms with Gasteiger partial charge in [0.05, 0.1) is 12.5 Å². The zero-order valence-electron chi connectivity index (χ0n) is 10.4. The van der Waals surface area contributed by atoms with Crippen molar-refractivity contribution < 1.29 is 15.0 Å². The quantitative estimate of drug-likeness (QED) is 0.724. The lowest BCUT2D eigenvalue weighted by molar-refractivity contribution is -0.138. The third-order valence-corrected chi connectivity index (χ3v) is 2.90. The van der Waals surface area contributed by atoms with Crippen molar-refractivity contribution in [3.63, 3.8) is 0 Å². The number of carboxylic acid groups (broad SMARTS) is 1. The summed E-state index contributed by atoms with van der Waals surface area (Å²) >= 11 is 0. The van der Waals surface area contributed by atoms with Crippen LogP contribution in [0.3, 0.4) is 0 Å². The van der Waals surface area contributed by atoms with Crippen LogP contribution >= 0.6 is 0 Å². The van der Waals surface area contributed by atoms with Crippen LogP contribution in [0.25, 0.3) is 0 Å². The van der Waals surface area contributed by atoms with Crippen LogP contribution in [0.2, 0.25) is 0 Å². The number of carbonyl (C=O) groups is 1. The van der Waals surface area contributed by atoms with E-state index in [0.717, 1.165) is 16.7 Å². The molecule has 17 heavy (non-hydrogen) atoms. The Bertz CT molecular complexity index is 404. The third-order valence-electron chi connectivity index (χ3n) is 2.90. The zero-order valence-corrected chi connectivity index (χ0v) is 10.4. The first-order valence-corrected chi connectivity index (χ1v) is 5.60. The average molecular weight is 237 g/mol. The van der Waals surface area contributed by atoms with E-state index in [0.29, 0.717) is 0 Å². The number of aliphatic hydroxyl groups excluding tert-OH is 1. The zero-order chi connectivity index (χ0) is 13.0. The van der Waals surface area contributed by atoms with Crippen LogP contribution < -0.4 is 5.32 Å². The summed E-state index contributed by atoms with van der Waals surface area (Å²) in [5, 5.41) is 21.8. The van der Waals surface area contributed by atoms with Gasteiger partial charge in [-0.05, 0) is 32.0 Å². The first kappa shape index (κ1) is 13.7. The highest BCUT2D eigenvalue weighted by atomic mass is 16.4. The summed E-state index contributed by atoms with van der Waals surface area (Å²) < 4.78 is 0. The van der Waals surface area contributed by atoms with E-state index >= 15 is 0 Å². The number of benzene rings is 1. The SMILES string of the molecule is CNC(CC(=O)O)C(O)c1cc(C)ccc1C. The molecule has 3 N–H and O–H groups in total. The predicted molar refractivity (Wildman–Crippen MR) is 66.0 cm³/mol. The average Bonchev–Trinajstić information content (AvgIpc) is 2.28. The standard InChI is InChI=1S/C13H19NO3/c1-8-4-5-9(2)10(6-8)13(17)11(14-3)7-12(15)16/h4-6,11,13-14,17H,7H2,1-3H3,(H,15,16). The Balaban J connectivity index is 2.96.